The van der Waals surface area contributed by atoms with Gasteiger partial charge in [0.2, 0.25) is 0 Å². The lowest BCUT2D eigenvalue weighted by molar-refractivity contribution is 0.319. The third-order valence-corrected chi connectivity index (χ3v) is 3.39. The molecule has 2 aromatic rings. The Morgan fingerprint density at radius 1 is 1.16 bits per heavy atom. The quantitative estimate of drug-likeness (QED) is 0.306. The fraction of sp³-hybridized carbons (Fsp3) is 0.214. The number of aryl methyl sites for hydroxylation is 2. The van der Waals surface area contributed by atoms with E-state index in [-0.39, 0.29) is 0 Å². The Hall–Kier alpha value is -1.88. The molecule has 1 N–H and O–H groups in total. The second-order valence-corrected chi connectivity index (χ2v) is 5.08. The molecule has 4 nitrogen and oxygen atoms in total. The van der Waals surface area contributed by atoms with Crippen LogP contribution in [0.2, 0.25) is 0 Å². The first-order valence-corrected chi connectivity index (χ1v) is 6.89. The molecule has 0 saturated heterocycles. The van der Waals surface area contributed by atoms with Crippen molar-refractivity contribution in [2.75, 3.05) is 5.75 Å². The fourth-order valence-corrected chi connectivity index (χ4v) is 2.60. The highest BCUT2D eigenvalue weighted by Gasteiger charge is 2.07. The Labute approximate surface area is 116 Å². The number of hydrogen-bond acceptors (Lipinski definition) is 5. The third kappa shape index (κ3) is 3.79. The number of thioether (sulfide) groups is 1. The van der Waals surface area contributed by atoms with Crippen LogP contribution in [0.15, 0.2) is 46.7 Å². The SMILES string of the molecule is Cc1cc(C)nc(SCC(=NO)c2ccccc2)n1. The molecule has 98 valence electrons. The van der Waals surface area contributed by atoms with Crippen LogP contribution >= 0.6 is 11.8 Å². The lowest BCUT2D eigenvalue weighted by Gasteiger charge is -2.05. The number of benzene rings is 1. The van der Waals surface area contributed by atoms with Gasteiger partial charge in [0.05, 0.1) is 5.71 Å². The number of aromatic nitrogens is 2. The molecule has 2 rings (SSSR count). The molecule has 0 radical (unpaired) electrons. The average molecular weight is 273 g/mol. The van der Waals surface area contributed by atoms with E-state index in [1.807, 2.05) is 50.2 Å². The van der Waals surface area contributed by atoms with Crippen LogP contribution in [0.5, 0.6) is 0 Å². The van der Waals surface area contributed by atoms with Crippen molar-refractivity contribution < 1.29 is 5.21 Å². The van der Waals surface area contributed by atoms with Crippen molar-refractivity contribution in [3.63, 3.8) is 0 Å². The van der Waals surface area contributed by atoms with Gasteiger partial charge in [0, 0.05) is 22.7 Å². The largest absolute Gasteiger partial charge is 0.411 e. The van der Waals surface area contributed by atoms with Crippen LogP contribution < -0.4 is 0 Å². The van der Waals surface area contributed by atoms with Crippen molar-refractivity contribution in [1.29, 1.82) is 0 Å². The predicted molar refractivity (Wildman–Crippen MR) is 77.0 cm³/mol. The number of nitrogens with zero attached hydrogens (tertiary/aromatic N) is 3. The van der Waals surface area contributed by atoms with E-state index < -0.39 is 0 Å². The van der Waals surface area contributed by atoms with E-state index in [1.54, 1.807) is 0 Å². The van der Waals surface area contributed by atoms with Crippen LogP contribution in [0.25, 0.3) is 0 Å². The van der Waals surface area contributed by atoms with E-state index in [9.17, 15) is 0 Å². The van der Waals surface area contributed by atoms with Gasteiger partial charge in [-0.3, -0.25) is 0 Å². The second kappa shape index (κ2) is 6.33. The minimum Gasteiger partial charge on any atom is -0.411 e. The van der Waals surface area contributed by atoms with E-state index >= 15 is 0 Å². The molecule has 1 aromatic heterocycles. The first kappa shape index (κ1) is 13.5. The summed E-state index contributed by atoms with van der Waals surface area (Å²) in [5.41, 5.74) is 3.41. The topological polar surface area (TPSA) is 58.4 Å². The molecule has 0 bridgehead atoms. The van der Waals surface area contributed by atoms with Gasteiger partial charge in [-0.25, -0.2) is 9.97 Å². The Kier molecular flexibility index (Phi) is 4.52. The van der Waals surface area contributed by atoms with Crippen LogP contribution in [0, 0.1) is 13.8 Å². The van der Waals surface area contributed by atoms with Gasteiger partial charge in [-0.15, -0.1) is 0 Å². The van der Waals surface area contributed by atoms with E-state index in [1.165, 1.54) is 11.8 Å². The molecule has 1 heterocycles. The zero-order valence-corrected chi connectivity index (χ0v) is 11.7. The summed E-state index contributed by atoms with van der Waals surface area (Å²) in [5.74, 6) is 0.531. The second-order valence-electron chi connectivity index (χ2n) is 4.13. The molecule has 5 heteroatoms. The maximum Gasteiger partial charge on any atom is 0.188 e. The highest BCUT2D eigenvalue weighted by atomic mass is 32.2. The van der Waals surface area contributed by atoms with Gasteiger partial charge in [0.1, 0.15) is 0 Å². The van der Waals surface area contributed by atoms with Crippen LogP contribution in [-0.4, -0.2) is 26.6 Å². The number of oxime groups is 1. The van der Waals surface area contributed by atoms with Gasteiger partial charge >= 0.3 is 0 Å². The van der Waals surface area contributed by atoms with Gasteiger partial charge in [-0.2, -0.15) is 0 Å². The lowest BCUT2D eigenvalue weighted by Crippen LogP contribution is -2.05. The normalized spacial score (nSPS) is 11.6. The molecule has 0 atom stereocenters. The molecule has 0 fully saturated rings. The smallest absolute Gasteiger partial charge is 0.188 e. The van der Waals surface area contributed by atoms with Crippen molar-refractivity contribution in [3.05, 3.63) is 53.3 Å². The van der Waals surface area contributed by atoms with E-state index in [0.29, 0.717) is 16.6 Å². The molecule has 1 aromatic carbocycles. The summed E-state index contributed by atoms with van der Waals surface area (Å²) in [6, 6.07) is 11.5. The fourth-order valence-electron chi connectivity index (χ4n) is 1.69. The van der Waals surface area contributed by atoms with Crippen molar-refractivity contribution in [1.82, 2.24) is 9.97 Å². The van der Waals surface area contributed by atoms with Crippen molar-refractivity contribution >= 4 is 17.5 Å². The maximum atomic E-state index is 9.10. The summed E-state index contributed by atoms with van der Waals surface area (Å²) >= 11 is 1.46. The summed E-state index contributed by atoms with van der Waals surface area (Å²) in [7, 11) is 0. The van der Waals surface area contributed by atoms with Crippen molar-refractivity contribution in [2.24, 2.45) is 5.16 Å². The average Bonchev–Trinajstić information content (AvgIpc) is 2.39. The zero-order valence-electron chi connectivity index (χ0n) is 10.9. The molecule has 0 aliphatic heterocycles. The van der Waals surface area contributed by atoms with Gasteiger partial charge in [0.25, 0.3) is 0 Å². The van der Waals surface area contributed by atoms with Crippen LogP contribution in [-0.2, 0) is 0 Å². The summed E-state index contributed by atoms with van der Waals surface area (Å²) in [5, 5.41) is 13.2. The maximum absolute atomic E-state index is 9.10. The molecular formula is C14H15N3OS. The van der Waals surface area contributed by atoms with Crippen LogP contribution in [0.3, 0.4) is 0 Å². The number of hydrogen-bond donors (Lipinski definition) is 1. The minimum atomic E-state index is 0.531. The van der Waals surface area contributed by atoms with E-state index in [0.717, 1.165) is 17.0 Å². The van der Waals surface area contributed by atoms with Gasteiger partial charge in [-0.05, 0) is 19.9 Å². The Morgan fingerprint density at radius 3 is 2.37 bits per heavy atom. The lowest BCUT2D eigenvalue weighted by atomic mass is 10.1. The summed E-state index contributed by atoms with van der Waals surface area (Å²) in [4.78, 5) is 8.70. The van der Waals surface area contributed by atoms with Crippen molar-refractivity contribution in [2.45, 2.75) is 19.0 Å². The molecule has 0 saturated carbocycles. The number of rotatable bonds is 4. The molecule has 0 amide bonds. The molecule has 0 aliphatic carbocycles. The molecule has 0 aliphatic rings. The molecule has 19 heavy (non-hydrogen) atoms. The van der Waals surface area contributed by atoms with Gasteiger partial charge in [-0.1, -0.05) is 47.2 Å². The first-order valence-electron chi connectivity index (χ1n) is 5.90. The Bertz CT molecular complexity index is 564. The minimum absolute atomic E-state index is 0.531. The van der Waals surface area contributed by atoms with Crippen molar-refractivity contribution in [3.8, 4) is 0 Å². The highest BCUT2D eigenvalue weighted by molar-refractivity contribution is 7.99. The molecule has 0 unspecified atom stereocenters. The Morgan fingerprint density at radius 2 is 1.79 bits per heavy atom. The zero-order chi connectivity index (χ0) is 13.7. The Balaban J connectivity index is 2.09. The van der Waals surface area contributed by atoms with E-state index in [4.69, 9.17) is 5.21 Å². The third-order valence-electron chi connectivity index (χ3n) is 2.53. The van der Waals surface area contributed by atoms with Crippen LogP contribution in [0.4, 0.5) is 0 Å². The molecule has 0 spiro atoms. The summed E-state index contributed by atoms with van der Waals surface area (Å²) < 4.78 is 0. The van der Waals surface area contributed by atoms with Crippen LogP contribution in [0.1, 0.15) is 17.0 Å². The monoisotopic (exact) mass is 273 g/mol. The molecular weight excluding hydrogens is 258 g/mol. The summed E-state index contributed by atoms with van der Waals surface area (Å²) in [6.07, 6.45) is 0. The van der Waals surface area contributed by atoms with Gasteiger partial charge in [0.15, 0.2) is 5.16 Å². The highest BCUT2D eigenvalue weighted by Crippen LogP contribution is 2.16. The standard InChI is InChI=1S/C14H15N3OS/c1-10-8-11(2)16-14(15-10)19-9-13(17-18)12-6-4-3-5-7-12/h3-8,18H,9H2,1-2H3. The van der Waals surface area contributed by atoms with E-state index in [2.05, 4.69) is 15.1 Å². The predicted octanol–water partition coefficient (Wildman–Crippen LogP) is 3.06. The first-order chi connectivity index (χ1) is 9.19. The van der Waals surface area contributed by atoms with Gasteiger partial charge < -0.3 is 5.21 Å². The summed E-state index contributed by atoms with van der Waals surface area (Å²) in [6.45, 7) is 3.88.